The lowest BCUT2D eigenvalue weighted by molar-refractivity contribution is 0.00578. The average Bonchev–Trinajstić information content (AvgIpc) is 2.65. The number of amides is 1. The number of nitrogens with one attached hydrogen (secondary N) is 1. The number of carbonyl (C=O) groups is 1. The maximum absolute atomic E-state index is 13.4. The van der Waals surface area contributed by atoms with Crippen molar-refractivity contribution in [2.24, 2.45) is 0 Å². The van der Waals surface area contributed by atoms with Crippen LogP contribution in [-0.2, 0) is 14.8 Å². The molecule has 2 fully saturated rings. The highest BCUT2D eigenvalue weighted by Gasteiger charge is 2.52. The predicted octanol–water partition coefficient (Wildman–Crippen LogP) is 2.58. The van der Waals surface area contributed by atoms with Crippen molar-refractivity contribution in [1.82, 2.24) is 5.32 Å². The first-order valence-electron chi connectivity index (χ1n) is 8.16. The highest BCUT2D eigenvalue weighted by molar-refractivity contribution is 6.62. The minimum Gasteiger partial charge on any atom is -0.465 e. The van der Waals surface area contributed by atoms with E-state index in [4.69, 9.17) is 14.4 Å². The molecule has 24 heavy (non-hydrogen) atoms. The Morgan fingerprint density at radius 1 is 1.17 bits per heavy atom. The lowest BCUT2D eigenvalue weighted by atomic mass is 9.69. The van der Waals surface area contributed by atoms with Crippen LogP contribution in [0.15, 0.2) is 24.3 Å². The Labute approximate surface area is 141 Å². The lowest BCUT2D eigenvalue weighted by Gasteiger charge is -2.44. The van der Waals surface area contributed by atoms with Crippen LogP contribution in [0.1, 0.15) is 46.1 Å². The summed E-state index contributed by atoms with van der Waals surface area (Å²) in [5.41, 5.74) is -0.0480. The van der Waals surface area contributed by atoms with Gasteiger partial charge in [-0.3, -0.25) is 0 Å². The first-order valence-corrected chi connectivity index (χ1v) is 8.16. The summed E-state index contributed by atoms with van der Waals surface area (Å²) in [6.45, 7) is 7.96. The summed E-state index contributed by atoms with van der Waals surface area (Å²) < 4.78 is 25.4. The zero-order valence-electron chi connectivity index (χ0n) is 14.4. The van der Waals surface area contributed by atoms with Gasteiger partial charge in [0.1, 0.15) is 6.17 Å². The van der Waals surface area contributed by atoms with E-state index in [1.54, 1.807) is 0 Å². The molecule has 1 aliphatic carbocycles. The van der Waals surface area contributed by atoms with Gasteiger partial charge in [0, 0.05) is 12.8 Å². The van der Waals surface area contributed by atoms with Gasteiger partial charge in [-0.05, 0) is 38.7 Å². The van der Waals surface area contributed by atoms with E-state index in [0.717, 1.165) is 11.0 Å². The first-order chi connectivity index (χ1) is 11.0. The molecule has 2 N–H and O–H groups in total. The van der Waals surface area contributed by atoms with E-state index < -0.39 is 36.1 Å². The van der Waals surface area contributed by atoms with Gasteiger partial charge in [0.25, 0.3) is 0 Å². The van der Waals surface area contributed by atoms with Crippen LogP contribution >= 0.6 is 0 Å². The van der Waals surface area contributed by atoms with Crippen LogP contribution in [0.4, 0.5) is 9.18 Å². The molecule has 0 bridgehead atoms. The zero-order valence-corrected chi connectivity index (χ0v) is 14.4. The number of alkyl halides is 1. The molecule has 7 heteroatoms. The summed E-state index contributed by atoms with van der Waals surface area (Å²) in [6.07, 6.45) is -1.79. The third kappa shape index (κ3) is 2.80. The smallest absolute Gasteiger partial charge is 0.465 e. The molecule has 1 saturated heterocycles. The molecule has 2 aliphatic rings. The third-order valence-electron chi connectivity index (χ3n) is 5.47. The summed E-state index contributed by atoms with van der Waals surface area (Å²) in [4.78, 5) is 11.0. The van der Waals surface area contributed by atoms with Gasteiger partial charge in [-0.1, -0.05) is 24.3 Å². The zero-order chi connectivity index (χ0) is 17.8. The summed E-state index contributed by atoms with van der Waals surface area (Å²) in [6, 6.07) is 7.35. The highest BCUT2D eigenvalue weighted by atomic mass is 19.1. The molecule has 1 aromatic rings. The molecule has 0 spiro atoms. The topological polar surface area (TPSA) is 67.8 Å². The van der Waals surface area contributed by atoms with E-state index in [9.17, 15) is 9.18 Å². The standard InChI is InChI=1S/C17H23BFNO4/c1-15(2)16(3,4)24-18(23-15)12-7-5-11(6-8-12)17(20-14(21)22)9-13(19)10-17/h5-8,13,20H,9-10H2,1-4H3,(H,21,22)/t13-,17-. The van der Waals surface area contributed by atoms with E-state index in [1.165, 1.54) is 0 Å². The van der Waals surface area contributed by atoms with Crippen molar-refractivity contribution in [3.8, 4) is 0 Å². The summed E-state index contributed by atoms with van der Waals surface area (Å²) in [5.74, 6) is 0. The lowest BCUT2D eigenvalue weighted by Crippen LogP contribution is -2.55. The second kappa shape index (κ2) is 5.46. The van der Waals surface area contributed by atoms with Crippen LogP contribution in [0.2, 0.25) is 0 Å². The van der Waals surface area contributed by atoms with E-state index in [1.807, 2.05) is 52.0 Å². The monoisotopic (exact) mass is 335 g/mol. The predicted molar refractivity (Wildman–Crippen MR) is 89.1 cm³/mol. The number of rotatable bonds is 3. The fourth-order valence-electron chi connectivity index (χ4n) is 3.25. The second-order valence-corrected chi connectivity index (χ2v) is 7.73. The van der Waals surface area contributed by atoms with Crippen LogP contribution in [0.3, 0.4) is 0 Å². The molecule has 1 aliphatic heterocycles. The van der Waals surface area contributed by atoms with E-state index in [-0.39, 0.29) is 12.8 Å². The van der Waals surface area contributed by atoms with Crippen LogP contribution < -0.4 is 10.8 Å². The van der Waals surface area contributed by atoms with Crippen molar-refractivity contribution in [3.05, 3.63) is 29.8 Å². The molecular formula is C17H23BFNO4. The van der Waals surface area contributed by atoms with Gasteiger partial charge in [0.2, 0.25) is 0 Å². The maximum atomic E-state index is 13.4. The average molecular weight is 335 g/mol. The van der Waals surface area contributed by atoms with Gasteiger partial charge in [-0.2, -0.15) is 0 Å². The minimum atomic E-state index is -1.14. The Bertz CT molecular complexity index is 624. The van der Waals surface area contributed by atoms with E-state index in [2.05, 4.69) is 5.32 Å². The Morgan fingerprint density at radius 2 is 1.67 bits per heavy atom. The summed E-state index contributed by atoms with van der Waals surface area (Å²) in [5, 5.41) is 11.5. The van der Waals surface area contributed by atoms with Gasteiger partial charge in [0.15, 0.2) is 0 Å². The number of carboxylic acid groups (broad SMARTS) is 1. The molecule has 130 valence electrons. The molecule has 3 rings (SSSR count). The van der Waals surface area contributed by atoms with Gasteiger partial charge in [-0.15, -0.1) is 0 Å². The fraction of sp³-hybridized carbons (Fsp3) is 0.588. The van der Waals surface area contributed by atoms with Crippen molar-refractivity contribution < 1.29 is 23.6 Å². The number of benzene rings is 1. The van der Waals surface area contributed by atoms with Gasteiger partial charge in [-0.25, -0.2) is 9.18 Å². The molecule has 0 radical (unpaired) electrons. The van der Waals surface area contributed by atoms with Gasteiger partial charge < -0.3 is 19.7 Å². The van der Waals surface area contributed by atoms with Crippen LogP contribution in [0, 0.1) is 0 Å². The molecular weight excluding hydrogens is 312 g/mol. The number of halogens is 1. The largest absolute Gasteiger partial charge is 0.494 e. The van der Waals surface area contributed by atoms with Gasteiger partial charge >= 0.3 is 13.2 Å². The van der Waals surface area contributed by atoms with Crippen molar-refractivity contribution in [1.29, 1.82) is 0 Å². The fourth-order valence-corrected chi connectivity index (χ4v) is 3.25. The maximum Gasteiger partial charge on any atom is 0.494 e. The molecule has 1 aromatic carbocycles. The van der Waals surface area contributed by atoms with Crippen molar-refractivity contribution in [2.45, 2.75) is 63.4 Å². The Kier molecular flexibility index (Phi) is 3.92. The van der Waals surface area contributed by atoms with Gasteiger partial charge in [0.05, 0.1) is 16.7 Å². The molecule has 5 nitrogen and oxygen atoms in total. The molecule has 0 unspecified atom stereocenters. The number of hydrogen-bond acceptors (Lipinski definition) is 3. The van der Waals surface area contributed by atoms with Crippen molar-refractivity contribution in [3.63, 3.8) is 0 Å². The molecule has 0 atom stereocenters. The number of hydrogen-bond donors (Lipinski definition) is 2. The van der Waals surface area contributed by atoms with Crippen LogP contribution in [-0.4, -0.2) is 35.7 Å². The van der Waals surface area contributed by atoms with Crippen molar-refractivity contribution >= 4 is 18.7 Å². The summed E-state index contributed by atoms with van der Waals surface area (Å²) >= 11 is 0. The van der Waals surface area contributed by atoms with Crippen LogP contribution in [0.5, 0.6) is 0 Å². The van der Waals surface area contributed by atoms with E-state index >= 15 is 0 Å². The normalized spacial score (nSPS) is 30.7. The first kappa shape index (κ1) is 17.2. The minimum absolute atomic E-state index is 0.162. The molecule has 0 aromatic heterocycles. The Balaban J connectivity index is 1.80. The molecule has 1 heterocycles. The highest BCUT2D eigenvalue weighted by Crippen LogP contribution is 2.43. The van der Waals surface area contributed by atoms with E-state index in [0.29, 0.717) is 0 Å². The molecule has 1 saturated carbocycles. The Morgan fingerprint density at radius 3 is 2.08 bits per heavy atom. The molecule has 1 amide bonds. The van der Waals surface area contributed by atoms with Crippen molar-refractivity contribution in [2.75, 3.05) is 0 Å². The second-order valence-electron chi connectivity index (χ2n) is 7.73. The van der Waals surface area contributed by atoms with Crippen LogP contribution in [0.25, 0.3) is 0 Å². The quantitative estimate of drug-likeness (QED) is 0.833. The SMILES string of the molecule is CC1(C)OB(c2ccc([C@]3(NC(=O)O)C[C@H](F)C3)cc2)OC1(C)C. The Hall–Kier alpha value is -1.60. The summed E-state index contributed by atoms with van der Waals surface area (Å²) in [7, 11) is -0.470. The third-order valence-corrected chi connectivity index (χ3v) is 5.47.